The van der Waals surface area contributed by atoms with Crippen molar-refractivity contribution in [3.05, 3.63) is 41.0 Å². The van der Waals surface area contributed by atoms with Crippen LogP contribution in [0.25, 0.3) is 5.76 Å². The molecule has 0 unspecified atom stereocenters. The second-order valence-corrected chi connectivity index (χ2v) is 4.41. The Labute approximate surface area is 151 Å². The van der Waals surface area contributed by atoms with Gasteiger partial charge in [0.25, 0.3) is 5.78 Å². The van der Waals surface area contributed by atoms with Crippen molar-refractivity contribution in [2.45, 2.75) is 19.3 Å². The minimum absolute atomic E-state index is 0. The molecule has 0 radical (unpaired) electrons. The summed E-state index contributed by atoms with van der Waals surface area (Å²) in [6, 6.07) is 0.308. The van der Waals surface area contributed by atoms with Crippen molar-refractivity contribution in [2.24, 2.45) is 0 Å². The second kappa shape index (κ2) is 8.45. The van der Waals surface area contributed by atoms with Crippen molar-refractivity contribution in [1.29, 1.82) is 0 Å². The Morgan fingerprint density at radius 3 is 1.88 bits per heavy atom. The zero-order valence-corrected chi connectivity index (χ0v) is 13.0. The number of ether oxygens (including phenoxy) is 1. The van der Waals surface area contributed by atoms with Crippen LogP contribution in [0.2, 0.25) is 0 Å². The van der Waals surface area contributed by atoms with Gasteiger partial charge in [0.15, 0.2) is 0 Å². The summed E-state index contributed by atoms with van der Waals surface area (Å²) in [6.07, 6.45) is -10.0. The number of benzene rings is 1. The molecular formula is C14H11F6LiO4. The molecule has 0 amide bonds. The monoisotopic (exact) mass is 364 g/mol. The zero-order valence-electron chi connectivity index (χ0n) is 14.0. The van der Waals surface area contributed by atoms with Crippen LogP contribution in [0.1, 0.15) is 25.0 Å². The molecule has 0 bridgehead atoms. The predicted molar refractivity (Wildman–Crippen MR) is 69.8 cm³/mol. The number of halogens is 6. The average molecular weight is 364 g/mol. The molecule has 134 valence electrons. The van der Waals surface area contributed by atoms with E-state index in [0.717, 1.165) is 0 Å². The van der Waals surface area contributed by atoms with E-state index in [1.54, 1.807) is 0 Å². The maximum absolute atomic E-state index is 12.7. The summed E-state index contributed by atoms with van der Waals surface area (Å²) in [5, 5.41) is 9.59. The summed E-state index contributed by atoms with van der Waals surface area (Å²) in [7, 11) is 0. The van der Waals surface area contributed by atoms with E-state index >= 15 is 0 Å². The van der Waals surface area contributed by atoms with Gasteiger partial charge in [-0.2, -0.15) is 26.3 Å². The molecule has 1 N–H and O–H groups in total. The molecule has 0 heterocycles. The van der Waals surface area contributed by atoms with Gasteiger partial charge in [-0.3, -0.25) is 4.79 Å². The SMILES string of the molecule is CCOC(=O)C(=O)C=C(O)c1cc(C(F)(F)F)cc(C(F)(F)F)c1.[H-].[Li+]. The number of ketones is 1. The van der Waals surface area contributed by atoms with Gasteiger partial charge in [0, 0.05) is 11.6 Å². The standard InChI is InChI=1S/C14H10F6O4.Li.H/c1-2-24-12(23)11(22)6-10(21)7-3-8(13(15,16)17)5-9(4-7)14(18,19)20;;/h3-6,21H,2H2,1H3;;/q;+1;-1. The minimum atomic E-state index is -5.11. The zero-order chi connectivity index (χ0) is 18.7. The third-order valence-corrected chi connectivity index (χ3v) is 2.63. The fraction of sp³-hybridized carbons (Fsp3) is 0.286. The smallest absolute Gasteiger partial charge is 1.00 e. The van der Waals surface area contributed by atoms with Crippen molar-refractivity contribution in [3.63, 3.8) is 0 Å². The van der Waals surface area contributed by atoms with Gasteiger partial charge in [-0.1, -0.05) is 0 Å². The number of carbonyl (C=O) groups is 2. The van der Waals surface area contributed by atoms with Gasteiger partial charge in [0.2, 0.25) is 0 Å². The number of aliphatic hydroxyl groups excluding tert-OH is 1. The Morgan fingerprint density at radius 2 is 1.52 bits per heavy atom. The quantitative estimate of drug-likeness (QED) is 0.215. The van der Waals surface area contributed by atoms with Crippen molar-refractivity contribution in [1.82, 2.24) is 0 Å². The molecule has 0 saturated heterocycles. The number of aliphatic hydroxyl groups is 1. The molecule has 0 spiro atoms. The van der Waals surface area contributed by atoms with Crippen LogP contribution in [0, 0.1) is 0 Å². The second-order valence-electron chi connectivity index (χ2n) is 4.41. The topological polar surface area (TPSA) is 63.6 Å². The Hall–Kier alpha value is -1.92. The van der Waals surface area contributed by atoms with Gasteiger partial charge < -0.3 is 11.3 Å². The first kappa shape index (κ1) is 23.1. The fourth-order valence-electron chi connectivity index (χ4n) is 1.57. The van der Waals surface area contributed by atoms with E-state index in [0.29, 0.717) is 0 Å². The van der Waals surface area contributed by atoms with Crippen molar-refractivity contribution >= 4 is 17.5 Å². The molecule has 0 fully saturated rings. The third-order valence-electron chi connectivity index (χ3n) is 2.63. The Bertz CT molecular complexity index is 653. The fourth-order valence-corrected chi connectivity index (χ4v) is 1.57. The van der Waals surface area contributed by atoms with Gasteiger partial charge in [-0.05, 0) is 25.1 Å². The first-order valence-electron chi connectivity index (χ1n) is 6.28. The molecule has 0 aliphatic rings. The van der Waals surface area contributed by atoms with Gasteiger partial charge >= 0.3 is 37.2 Å². The van der Waals surface area contributed by atoms with Crippen LogP contribution in [0.4, 0.5) is 26.3 Å². The number of rotatable bonds is 4. The van der Waals surface area contributed by atoms with Crippen LogP contribution >= 0.6 is 0 Å². The van der Waals surface area contributed by atoms with Crippen LogP contribution in [0.15, 0.2) is 24.3 Å². The summed E-state index contributed by atoms with van der Waals surface area (Å²) < 4.78 is 80.4. The maximum atomic E-state index is 12.7. The third kappa shape index (κ3) is 6.47. The summed E-state index contributed by atoms with van der Waals surface area (Å²) in [5.41, 5.74) is -4.26. The number of hydrogen-bond donors (Lipinski definition) is 1. The van der Waals surface area contributed by atoms with E-state index in [2.05, 4.69) is 4.74 Å². The molecule has 11 heteroatoms. The van der Waals surface area contributed by atoms with Crippen molar-refractivity contribution < 1.29 is 66.1 Å². The van der Waals surface area contributed by atoms with E-state index in [1.165, 1.54) is 6.92 Å². The van der Waals surface area contributed by atoms with E-state index in [1.807, 2.05) is 0 Å². The Morgan fingerprint density at radius 1 is 1.08 bits per heavy atom. The van der Waals surface area contributed by atoms with Crippen molar-refractivity contribution in [3.8, 4) is 0 Å². The largest absolute Gasteiger partial charge is 1.00 e. The van der Waals surface area contributed by atoms with Crippen LogP contribution in [0.3, 0.4) is 0 Å². The Balaban J connectivity index is 0. The molecule has 1 aromatic carbocycles. The molecule has 0 aliphatic carbocycles. The van der Waals surface area contributed by atoms with E-state index < -0.39 is 46.6 Å². The first-order valence-corrected chi connectivity index (χ1v) is 6.28. The van der Waals surface area contributed by atoms with Crippen LogP contribution in [0.5, 0.6) is 0 Å². The molecule has 1 aromatic rings. The van der Waals surface area contributed by atoms with Crippen LogP contribution in [-0.2, 0) is 26.7 Å². The van der Waals surface area contributed by atoms with Gasteiger partial charge in [0.1, 0.15) is 5.76 Å². The molecular weight excluding hydrogens is 353 g/mol. The molecule has 0 atom stereocenters. The van der Waals surface area contributed by atoms with Gasteiger partial charge in [-0.25, -0.2) is 4.79 Å². The molecule has 25 heavy (non-hydrogen) atoms. The minimum Gasteiger partial charge on any atom is -1.00 e. The van der Waals surface area contributed by atoms with Gasteiger partial charge in [-0.15, -0.1) is 0 Å². The summed E-state index contributed by atoms with van der Waals surface area (Å²) in [5.74, 6) is -4.07. The van der Waals surface area contributed by atoms with Crippen molar-refractivity contribution in [2.75, 3.05) is 6.61 Å². The molecule has 1 rings (SSSR count). The average Bonchev–Trinajstić information content (AvgIpc) is 2.45. The first-order chi connectivity index (χ1) is 10.9. The van der Waals surface area contributed by atoms with E-state index in [-0.39, 0.29) is 51.2 Å². The molecule has 4 nitrogen and oxygen atoms in total. The summed E-state index contributed by atoms with van der Waals surface area (Å²) in [4.78, 5) is 22.4. The van der Waals surface area contributed by atoms with E-state index in [9.17, 15) is 41.0 Å². The number of alkyl halides is 6. The number of hydrogen-bond acceptors (Lipinski definition) is 4. The predicted octanol–water partition coefficient (Wildman–Crippen LogP) is 0.872. The molecule has 0 aliphatic heterocycles. The molecule has 0 saturated carbocycles. The number of esters is 1. The van der Waals surface area contributed by atoms with Crippen LogP contribution < -0.4 is 18.9 Å². The summed E-state index contributed by atoms with van der Waals surface area (Å²) in [6.45, 7) is 1.19. The Kier molecular flexibility index (Phi) is 7.80. The normalized spacial score (nSPS) is 12.4. The van der Waals surface area contributed by atoms with E-state index in [4.69, 9.17) is 0 Å². The molecule has 0 aromatic heterocycles. The van der Waals surface area contributed by atoms with Gasteiger partial charge in [0.05, 0.1) is 17.7 Å². The maximum Gasteiger partial charge on any atom is 1.00 e. The number of carbonyl (C=O) groups excluding carboxylic acids is 2. The summed E-state index contributed by atoms with van der Waals surface area (Å²) >= 11 is 0. The van der Waals surface area contributed by atoms with Crippen LogP contribution in [-0.4, -0.2) is 23.5 Å².